The SMILES string of the molecule is CC1=C2CCC3C(CC[C@@]4(C)CCCC34)C2CC1. The number of hydrogen-bond acceptors (Lipinski definition) is 0. The van der Waals surface area contributed by atoms with Gasteiger partial charge in [0.25, 0.3) is 0 Å². The van der Waals surface area contributed by atoms with Crippen molar-refractivity contribution in [3.63, 3.8) is 0 Å². The van der Waals surface area contributed by atoms with Crippen molar-refractivity contribution in [1.82, 2.24) is 0 Å². The number of fused-ring (bicyclic) bond motifs is 5. The van der Waals surface area contributed by atoms with Gasteiger partial charge in [0.1, 0.15) is 0 Å². The summed E-state index contributed by atoms with van der Waals surface area (Å²) >= 11 is 0. The van der Waals surface area contributed by atoms with E-state index in [9.17, 15) is 0 Å². The van der Waals surface area contributed by atoms with Crippen molar-refractivity contribution in [1.29, 1.82) is 0 Å². The third kappa shape index (κ3) is 1.44. The van der Waals surface area contributed by atoms with E-state index in [0.29, 0.717) is 0 Å². The molecule has 0 bridgehead atoms. The zero-order valence-electron chi connectivity index (χ0n) is 12.2. The lowest BCUT2D eigenvalue weighted by Gasteiger charge is -2.51. The summed E-state index contributed by atoms with van der Waals surface area (Å²) in [6, 6.07) is 0. The Morgan fingerprint density at radius 1 is 0.944 bits per heavy atom. The normalized spacial score (nSPS) is 51.0. The van der Waals surface area contributed by atoms with Crippen LogP contribution in [0, 0.1) is 29.1 Å². The van der Waals surface area contributed by atoms with Gasteiger partial charge in [0.05, 0.1) is 0 Å². The van der Waals surface area contributed by atoms with Gasteiger partial charge in [-0.1, -0.05) is 24.5 Å². The van der Waals surface area contributed by atoms with E-state index in [0.717, 1.165) is 29.1 Å². The Morgan fingerprint density at radius 2 is 1.83 bits per heavy atom. The molecule has 0 amide bonds. The van der Waals surface area contributed by atoms with Gasteiger partial charge >= 0.3 is 0 Å². The van der Waals surface area contributed by atoms with Crippen molar-refractivity contribution < 1.29 is 0 Å². The zero-order valence-corrected chi connectivity index (χ0v) is 12.2. The average Bonchev–Trinajstić information content (AvgIpc) is 2.92. The number of rotatable bonds is 0. The Bertz CT molecular complexity index is 391. The molecule has 0 aromatic heterocycles. The molecule has 18 heavy (non-hydrogen) atoms. The maximum atomic E-state index is 2.62. The highest BCUT2D eigenvalue weighted by molar-refractivity contribution is 5.25. The van der Waals surface area contributed by atoms with Crippen molar-refractivity contribution in [2.45, 2.75) is 71.6 Å². The fraction of sp³-hybridized carbons (Fsp3) is 0.889. The topological polar surface area (TPSA) is 0 Å². The third-order valence-corrected chi connectivity index (χ3v) is 7.36. The smallest absolute Gasteiger partial charge is 0.0166 e. The van der Waals surface area contributed by atoms with Crippen molar-refractivity contribution >= 4 is 0 Å². The predicted octanol–water partition coefficient (Wildman–Crippen LogP) is 5.34. The molecule has 4 rings (SSSR count). The van der Waals surface area contributed by atoms with Gasteiger partial charge in [-0.05, 0) is 87.4 Å². The molecule has 0 spiro atoms. The lowest BCUT2D eigenvalue weighted by Crippen LogP contribution is -2.43. The van der Waals surface area contributed by atoms with E-state index in [4.69, 9.17) is 0 Å². The van der Waals surface area contributed by atoms with E-state index in [1.807, 2.05) is 5.57 Å². The molecule has 5 atom stereocenters. The van der Waals surface area contributed by atoms with Gasteiger partial charge < -0.3 is 0 Å². The monoisotopic (exact) mass is 244 g/mol. The van der Waals surface area contributed by atoms with Crippen LogP contribution < -0.4 is 0 Å². The van der Waals surface area contributed by atoms with Gasteiger partial charge in [-0.2, -0.15) is 0 Å². The molecule has 0 heteroatoms. The molecule has 100 valence electrons. The number of allylic oxidation sites excluding steroid dienone is 2. The van der Waals surface area contributed by atoms with Crippen LogP contribution in [0.1, 0.15) is 71.6 Å². The van der Waals surface area contributed by atoms with E-state index >= 15 is 0 Å². The second-order valence-corrected chi connectivity index (χ2v) is 8.01. The summed E-state index contributed by atoms with van der Waals surface area (Å²) in [6.07, 6.45) is 13.6. The maximum Gasteiger partial charge on any atom is -0.0166 e. The summed E-state index contributed by atoms with van der Waals surface area (Å²) in [5, 5.41) is 0. The van der Waals surface area contributed by atoms with E-state index in [2.05, 4.69) is 13.8 Å². The van der Waals surface area contributed by atoms with Crippen molar-refractivity contribution in [3.8, 4) is 0 Å². The van der Waals surface area contributed by atoms with Gasteiger partial charge in [-0.3, -0.25) is 0 Å². The molecular formula is C18H28. The highest BCUT2D eigenvalue weighted by Crippen LogP contribution is 2.62. The van der Waals surface area contributed by atoms with Gasteiger partial charge in [0.15, 0.2) is 0 Å². The van der Waals surface area contributed by atoms with Gasteiger partial charge in [0, 0.05) is 0 Å². The second kappa shape index (κ2) is 3.87. The van der Waals surface area contributed by atoms with Crippen LogP contribution in [0.15, 0.2) is 11.1 Å². The first-order valence-electron chi connectivity index (χ1n) is 8.37. The lowest BCUT2D eigenvalue weighted by atomic mass is 9.54. The van der Waals surface area contributed by atoms with Gasteiger partial charge in [-0.15, -0.1) is 0 Å². The minimum Gasteiger partial charge on any atom is -0.0738 e. The largest absolute Gasteiger partial charge is 0.0738 e. The highest BCUT2D eigenvalue weighted by Gasteiger charge is 2.52. The Morgan fingerprint density at radius 3 is 2.72 bits per heavy atom. The van der Waals surface area contributed by atoms with Crippen LogP contribution in [0.25, 0.3) is 0 Å². The molecule has 4 aliphatic rings. The average molecular weight is 244 g/mol. The van der Waals surface area contributed by atoms with Gasteiger partial charge in [-0.25, -0.2) is 0 Å². The molecule has 3 fully saturated rings. The summed E-state index contributed by atoms with van der Waals surface area (Å²) in [7, 11) is 0. The fourth-order valence-corrected chi connectivity index (χ4v) is 6.44. The van der Waals surface area contributed by atoms with E-state index in [-0.39, 0.29) is 0 Å². The first-order valence-corrected chi connectivity index (χ1v) is 8.37. The van der Waals surface area contributed by atoms with Crippen molar-refractivity contribution in [2.75, 3.05) is 0 Å². The van der Waals surface area contributed by atoms with Crippen molar-refractivity contribution in [3.05, 3.63) is 11.1 Å². The second-order valence-electron chi connectivity index (χ2n) is 8.01. The number of hydrogen-bond donors (Lipinski definition) is 0. The summed E-state index contributed by atoms with van der Waals surface area (Å²) in [5.41, 5.74) is 4.44. The minimum absolute atomic E-state index is 0.746. The zero-order chi connectivity index (χ0) is 12.3. The van der Waals surface area contributed by atoms with Gasteiger partial charge in [0.2, 0.25) is 0 Å². The Kier molecular flexibility index (Phi) is 2.48. The molecule has 4 unspecified atom stereocenters. The lowest BCUT2D eigenvalue weighted by molar-refractivity contribution is 0.00311. The molecule has 4 aliphatic carbocycles. The molecular weight excluding hydrogens is 216 g/mol. The van der Waals surface area contributed by atoms with Crippen LogP contribution in [0.5, 0.6) is 0 Å². The highest BCUT2D eigenvalue weighted by atomic mass is 14.6. The molecule has 0 aromatic rings. The van der Waals surface area contributed by atoms with Crippen LogP contribution in [0.3, 0.4) is 0 Å². The minimum atomic E-state index is 0.746. The summed E-state index contributed by atoms with van der Waals surface area (Å²) in [4.78, 5) is 0. The Hall–Kier alpha value is -0.260. The summed E-state index contributed by atoms with van der Waals surface area (Å²) in [6.45, 7) is 5.03. The molecule has 0 radical (unpaired) electrons. The van der Waals surface area contributed by atoms with Crippen LogP contribution in [0.2, 0.25) is 0 Å². The molecule has 0 saturated heterocycles. The van der Waals surface area contributed by atoms with Crippen LogP contribution >= 0.6 is 0 Å². The summed E-state index contributed by atoms with van der Waals surface area (Å²) < 4.78 is 0. The van der Waals surface area contributed by atoms with Crippen LogP contribution in [0.4, 0.5) is 0 Å². The quantitative estimate of drug-likeness (QED) is 0.505. The first kappa shape index (κ1) is 11.6. The predicted molar refractivity (Wildman–Crippen MR) is 76.3 cm³/mol. The molecule has 0 heterocycles. The molecule has 0 aliphatic heterocycles. The van der Waals surface area contributed by atoms with Crippen molar-refractivity contribution in [2.24, 2.45) is 29.1 Å². The Labute approximate surface area is 112 Å². The molecule has 0 aromatic carbocycles. The van der Waals surface area contributed by atoms with Crippen LogP contribution in [-0.4, -0.2) is 0 Å². The van der Waals surface area contributed by atoms with E-state index < -0.39 is 0 Å². The van der Waals surface area contributed by atoms with E-state index in [1.54, 1.807) is 24.8 Å². The Balaban J connectivity index is 1.64. The molecule has 0 nitrogen and oxygen atoms in total. The first-order chi connectivity index (χ1) is 8.69. The van der Waals surface area contributed by atoms with Crippen LogP contribution in [-0.2, 0) is 0 Å². The fourth-order valence-electron chi connectivity index (χ4n) is 6.44. The van der Waals surface area contributed by atoms with E-state index in [1.165, 1.54) is 38.5 Å². The standard InChI is InChI=1S/C18H28/c1-12-5-6-14-13(12)7-8-16-15(14)9-11-18(2)10-3-4-17(16)18/h14-17H,3-11H2,1-2H3/t14?,15?,16?,17?,18-/m1/s1. The third-order valence-electron chi connectivity index (χ3n) is 7.36. The summed E-state index contributed by atoms with van der Waals surface area (Å²) in [5.74, 6) is 4.31. The molecule has 3 saturated carbocycles. The maximum absolute atomic E-state index is 2.62. The molecule has 0 N–H and O–H groups in total.